The van der Waals surface area contributed by atoms with Crippen LogP contribution in [0.2, 0.25) is 10.2 Å². The average molecular weight is 285 g/mol. The summed E-state index contributed by atoms with van der Waals surface area (Å²) in [7, 11) is 38.8. The van der Waals surface area contributed by atoms with Crippen molar-refractivity contribution in [3.8, 4) is 5.88 Å². The Kier molecular flexibility index (Phi) is 4.52. The molecule has 74 valence electrons. The number of rotatable bonds is 4. The predicted molar refractivity (Wildman–Crippen MR) is 81.0 cm³/mol. The summed E-state index contributed by atoms with van der Waals surface area (Å²) in [5.74, 6) is 0.0668. The minimum atomic E-state index is -2.14. The van der Waals surface area contributed by atoms with Gasteiger partial charge in [-0.15, -0.1) is 10.2 Å². The molecule has 0 spiro atoms. The fourth-order valence-electron chi connectivity index (χ4n) is 1.14. The fraction of sp³-hybridized carbons (Fsp3) is 0.375. The highest BCUT2D eigenvalue weighted by Crippen LogP contribution is 2.43. The van der Waals surface area contributed by atoms with Crippen LogP contribution in [-0.2, 0) is 0 Å². The minimum Gasteiger partial charge on any atom is -0.485 e. The van der Waals surface area contributed by atoms with Gasteiger partial charge in [0.05, 0.1) is 47.1 Å². The third-order valence-electron chi connectivity index (χ3n) is 2.25. The largest absolute Gasteiger partial charge is 0.485 e. The second-order valence-corrected chi connectivity index (χ2v) is 4.93. The molecule has 1 aromatic heterocycles. The summed E-state index contributed by atoms with van der Waals surface area (Å²) in [6, 6.07) is 3.14. The van der Waals surface area contributed by atoms with E-state index in [1.165, 1.54) is 12.3 Å². The molecule has 18 heavy (non-hydrogen) atoms. The second kappa shape index (κ2) is 5.11. The van der Waals surface area contributed by atoms with Gasteiger partial charge in [-0.2, -0.15) is 0 Å². The van der Waals surface area contributed by atoms with Crippen LogP contribution in [0.15, 0.2) is 22.8 Å². The summed E-state index contributed by atoms with van der Waals surface area (Å²) in [6.45, 7) is 0. The molecular weight excluding hydrogens is 282 g/mol. The summed E-state index contributed by atoms with van der Waals surface area (Å²) in [5, 5.41) is -4.17. The number of nitrogens with zero attached hydrogens (tertiary/aromatic N) is 1. The summed E-state index contributed by atoms with van der Waals surface area (Å²) >= 11 is 3.21. The van der Waals surface area contributed by atoms with E-state index in [1.54, 1.807) is 6.07 Å². The van der Waals surface area contributed by atoms with E-state index < -0.39 is 15.7 Å². The van der Waals surface area contributed by atoms with Crippen LogP contribution >= 0.6 is 15.9 Å². The molecule has 1 heterocycles. The molecule has 0 aliphatic heterocycles. The standard InChI is InChI=1S/C8H3B7BrNO/c9-6(7(10,11)12,8(13,14)15)18-5-2-1-4(16)3-17-5/h1-3H. The van der Waals surface area contributed by atoms with Crippen molar-refractivity contribution in [3.63, 3.8) is 0 Å². The topological polar surface area (TPSA) is 22.1 Å². The van der Waals surface area contributed by atoms with Crippen molar-refractivity contribution < 1.29 is 4.74 Å². The van der Waals surface area contributed by atoms with Crippen molar-refractivity contribution in [2.45, 2.75) is 15.7 Å². The van der Waals surface area contributed by atoms with Gasteiger partial charge >= 0.3 is 0 Å². The quantitative estimate of drug-likeness (QED) is 0.679. The van der Waals surface area contributed by atoms with Gasteiger partial charge in [0.2, 0.25) is 5.88 Å². The van der Waals surface area contributed by atoms with E-state index in [9.17, 15) is 0 Å². The lowest BCUT2D eigenvalue weighted by Gasteiger charge is -2.54. The number of pyridine rings is 1. The van der Waals surface area contributed by atoms with E-state index in [0.717, 1.165) is 4.47 Å². The summed E-state index contributed by atoms with van der Waals surface area (Å²) in [6.07, 6.45) is 1.46. The number of ether oxygens (including phenoxy) is 1. The normalized spacial score (nSPS) is 13.2. The molecular formula is C8H3B7BrNO. The maximum Gasteiger partial charge on any atom is 0.212 e. The van der Waals surface area contributed by atoms with Crippen LogP contribution in [0.4, 0.5) is 0 Å². The van der Waals surface area contributed by atoms with Crippen LogP contribution in [0, 0.1) is 0 Å². The van der Waals surface area contributed by atoms with E-state index in [2.05, 4.69) is 20.9 Å². The summed E-state index contributed by atoms with van der Waals surface area (Å²) in [5.41, 5.74) is -2.14. The summed E-state index contributed by atoms with van der Waals surface area (Å²) in [4.78, 5) is 3.91. The molecule has 1 aromatic rings. The molecule has 0 amide bonds. The van der Waals surface area contributed by atoms with Gasteiger partial charge in [0.25, 0.3) is 0 Å². The zero-order valence-corrected chi connectivity index (χ0v) is 11.1. The third kappa shape index (κ3) is 3.25. The molecule has 0 atom stereocenters. The zero-order valence-electron chi connectivity index (χ0n) is 9.51. The van der Waals surface area contributed by atoms with Crippen molar-refractivity contribution in [1.82, 2.24) is 4.98 Å². The number of hydrogen-bond acceptors (Lipinski definition) is 2. The van der Waals surface area contributed by atoms with E-state index in [0.29, 0.717) is 0 Å². The molecule has 14 radical (unpaired) electrons. The number of halogens is 1. The zero-order chi connectivity index (χ0) is 14.2. The molecule has 2 nitrogen and oxygen atoms in total. The van der Waals surface area contributed by atoms with E-state index >= 15 is 0 Å². The molecule has 0 unspecified atom stereocenters. The first-order valence-electron chi connectivity index (χ1n) is 4.80. The Hall–Kier alpha value is -0.115. The Morgan fingerprint density at radius 2 is 1.44 bits per heavy atom. The molecule has 0 aliphatic carbocycles. The number of aromatic nitrogens is 1. The Labute approximate surface area is 125 Å². The molecule has 0 fully saturated rings. The van der Waals surface area contributed by atoms with Gasteiger partial charge < -0.3 is 4.74 Å². The van der Waals surface area contributed by atoms with Gasteiger partial charge in [0.1, 0.15) is 7.85 Å². The first kappa shape index (κ1) is 15.9. The molecule has 0 aromatic carbocycles. The van der Waals surface area contributed by atoms with Crippen LogP contribution in [-0.4, -0.2) is 65.4 Å². The monoisotopic (exact) mass is 285 g/mol. The SMILES string of the molecule is [B]C([B])([B])C([B])(Oc1ccc(Br)cn1)C([B])([B])[B]. The van der Waals surface area contributed by atoms with Crippen molar-refractivity contribution in [3.05, 3.63) is 22.8 Å². The highest BCUT2D eigenvalue weighted by atomic mass is 79.9. The van der Waals surface area contributed by atoms with Crippen LogP contribution in [0.25, 0.3) is 0 Å². The van der Waals surface area contributed by atoms with Gasteiger partial charge in [-0.3, -0.25) is 0 Å². The first-order valence-corrected chi connectivity index (χ1v) is 5.59. The minimum absolute atomic E-state index is 0.0668. The van der Waals surface area contributed by atoms with E-state index in [4.69, 9.17) is 59.7 Å². The molecule has 0 saturated heterocycles. The van der Waals surface area contributed by atoms with Gasteiger partial charge in [-0.25, -0.2) is 4.98 Å². The lowest BCUT2D eigenvalue weighted by atomic mass is 9.19. The van der Waals surface area contributed by atoms with Crippen LogP contribution in [0.1, 0.15) is 0 Å². The molecule has 0 aliphatic rings. The smallest absolute Gasteiger partial charge is 0.212 e. The Balaban J connectivity index is 3.12. The van der Waals surface area contributed by atoms with Gasteiger partial charge in [-0.1, -0.05) is 0 Å². The van der Waals surface area contributed by atoms with Crippen molar-refractivity contribution >= 4 is 70.9 Å². The fourth-order valence-corrected chi connectivity index (χ4v) is 1.37. The Morgan fingerprint density at radius 3 is 1.78 bits per heavy atom. The van der Waals surface area contributed by atoms with Gasteiger partial charge in [-0.05, 0) is 22.0 Å². The van der Waals surface area contributed by atoms with E-state index in [1.807, 2.05) is 0 Å². The van der Waals surface area contributed by atoms with Gasteiger partial charge in [0, 0.05) is 22.2 Å². The molecule has 0 N–H and O–H groups in total. The first-order chi connectivity index (χ1) is 7.97. The van der Waals surface area contributed by atoms with Crippen LogP contribution in [0.3, 0.4) is 0 Å². The van der Waals surface area contributed by atoms with Crippen LogP contribution in [0.5, 0.6) is 5.88 Å². The second-order valence-electron chi connectivity index (χ2n) is 4.02. The maximum absolute atomic E-state index is 5.80. The highest BCUT2D eigenvalue weighted by Gasteiger charge is 2.45. The van der Waals surface area contributed by atoms with Crippen molar-refractivity contribution in [2.75, 3.05) is 0 Å². The Bertz CT molecular complexity index is 399. The lowest BCUT2D eigenvalue weighted by Crippen LogP contribution is -2.59. The molecule has 1 rings (SSSR count). The predicted octanol–water partition coefficient (Wildman–Crippen LogP) is -0.754. The van der Waals surface area contributed by atoms with Crippen molar-refractivity contribution in [2.24, 2.45) is 0 Å². The summed E-state index contributed by atoms with van der Waals surface area (Å²) < 4.78 is 6.01. The molecule has 0 saturated carbocycles. The van der Waals surface area contributed by atoms with Crippen LogP contribution < -0.4 is 4.74 Å². The lowest BCUT2D eigenvalue weighted by molar-refractivity contribution is 0.151. The van der Waals surface area contributed by atoms with E-state index in [-0.39, 0.29) is 5.88 Å². The maximum atomic E-state index is 5.80. The molecule has 10 heteroatoms. The van der Waals surface area contributed by atoms with Crippen molar-refractivity contribution in [1.29, 1.82) is 0 Å². The molecule has 0 bridgehead atoms. The Morgan fingerprint density at radius 1 is 0.944 bits per heavy atom. The highest BCUT2D eigenvalue weighted by molar-refractivity contribution is 9.10. The van der Waals surface area contributed by atoms with Gasteiger partial charge in [0.15, 0.2) is 0 Å². The average Bonchev–Trinajstić information content (AvgIpc) is 2.18. The number of hydrogen-bond donors (Lipinski definition) is 0. The third-order valence-corrected chi connectivity index (χ3v) is 2.72.